The molecule has 1 aromatic heterocycles. The molecule has 0 amide bonds. The van der Waals surface area contributed by atoms with E-state index in [2.05, 4.69) is 9.88 Å². The SMILES string of the molecule is CCN(CCCN(C)C)c1cc(C(=O)O)c([N+](=O)[O-])cn1. The number of rotatable bonds is 8. The first-order chi connectivity index (χ1) is 9.86. The first-order valence-electron chi connectivity index (χ1n) is 6.64. The van der Waals surface area contributed by atoms with Crippen LogP contribution in [0, 0.1) is 10.1 Å². The van der Waals surface area contributed by atoms with Gasteiger partial charge in [-0.3, -0.25) is 10.1 Å². The highest BCUT2D eigenvalue weighted by atomic mass is 16.6. The molecule has 0 saturated heterocycles. The smallest absolute Gasteiger partial charge is 0.342 e. The Balaban J connectivity index is 2.97. The maximum Gasteiger partial charge on any atom is 0.342 e. The van der Waals surface area contributed by atoms with Crippen LogP contribution in [-0.2, 0) is 0 Å². The van der Waals surface area contributed by atoms with E-state index in [-0.39, 0.29) is 5.56 Å². The summed E-state index contributed by atoms with van der Waals surface area (Å²) in [5, 5.41) is 19.9. The standard InChI is InChI=1S/C13H20N4O4/c1-4-16(7-5-6-15(2)3)12-8-10(13(18)19)11(9-14-12)17(20)21/h8-9H,4-7H2,1-3H3,(H,18,19). The van der Waals surface area contributed by atoms with E-state index in [1.165, 1.54) is 6.07 Å². The highest BCUT2D eigenvalue weighted by molar-refractivity contribution is 5.93. The van der Waals surface area contributed by atoms with Crippen molar-refractivity contribution in [3.63, 3.8) is 0 Å². The van der Waals surface area contributed by atoms with E-state index in [9.17, 15) is 14.9 Å². The van der Waals surface area contributed by atoms with Gasteiger partial charge in [0.25, 0.3) is 0 Å². The van der Waals surface area contributed by atoms with Crippen LogP contribution >= 0.6 is 0 Å². The first-order valence-corrected chi connectivity index (χ1v) is 6.64. The van der Waals surface area contributed by atoms with Gasteiger partial charge in [0.15, 0.2) is 0 Å². The summed E-state index contributed by atoms with van der Waals surface area (Å²) in [6.07, 6.45) is 1.90. The summed E-state index contributed by atoms with van der Waals surface area (Å²) < 4.78 is 0. The second-order valence-corrected chi connectivity index (χ2v) is 4.86. The molecule has 8 nitrogen and oxygen atoms in total. The molecule has 1 aromatic rings. The molecule has 1 heterocycles. The lowest BCUT2D eigenvalue weighted by Crippen LogP contribution is -2.28. The lowest BCUT2D eigenvalue weighted by atomic mass is 10.2. The van der Waals surface area contributed by atoms with Crippen molar-refractivity contribution < 1.29 is 14.8 Å². The Morgan fingerprint density at radius 1 is 1.43 bits per heavy atom. The van der Waals surface area contributed by atoms with E-state index in [1.54, 1.807) is 0 Å². The molecule has 0 aromatic carbocycles. The second-order valence-electron chi connectivity index (χ2n) is 4.86. The average molecular weight is 296 g/mol. The van der Waals surface area contributed by atoms with Crippen LogP contribution in [0.2, 0.25) is 0 Å². The summed E-state index contributed by atoms with van der Waals surface area (Å²) in [5.74, 6) is -0.881. The van der Waals surface area contributed by atoms with Crippen molar-refractivity contribution in [2.75, 3.05) is 38.6 Å². The van der Waals surface area contributed by atoms with Crippen LogP contribution < -0.4 is 4.90 Å². The Morgan fingerprint density at radius 2 is 2.10 bits per heavy atom. The fourth-order valence-electron chi connectivity index (χ4n) is 1.94. The summed E-state index contributed by atoms with van der Waals surface area (Å²) in [5.41, 5.74) is -0.827. The van der Waals surface area contributed by atoms with Crippen molar-refractivity contribution in [1.82, 2.24) is 9.88 Å². The van der Waals surface area contributed by atoms with E-state index in [4.69, 9.17) is 5.11 Å². The number of pyridine rings is 1. The molecule has 0 saturated carbocycles. The number of hydrogen-bond acceptors (Lipinski definition) is 6. The third-order valence-electron chi connectivity index (χ3n) is 3.03. The average Bonchev–Trinajstić information content (AvgIpc) is 2.42. The molecule has 0 aliphatic rings. The van der Waals surface area contributed by atoms with Gasteiger partial charge >= 0.3 is 11.7 Å². The van der Waals surface area contributed by atoms with Gasteiger partial charge in [0.2, 0.25) is 0 Å². The number of nitrogens with zero attached hydrogens (tertiary/aromatic N) is 4. The lowest BCUT2D eigenvalue weighted by Gasteiger charge is -2.23. The van der Waals surface area contributed by atoms with Gasteiger partial charge in [-0.2, -0.15) is 0 Å². The largest absolute Gasteiger partial charge is 0.477 e. The fourth-order valence-corrected chi connectivity index (χ4v) is 1.94. The van der Waals surface area contributed by atoms with Gasteiger partial charge < -0.3 is 14.9 Å². The van der Waals surface area contributed by atoms with Crippen LogP contribution in [0.15, 0.2) is 12.3 Å². The molecule has 8 heteroatoms. The van der Waals surface area contributed by atoms with Crippen molar-refractivity contribution in [1.29, 1.82) is 0 Å². The monoisotopic (exact) mass is 296 g/mol. The Bertz CT molecular complexity index is 519. The molecule has 0 unspecified atom stereocenters. The number of carbonyl (C=O) groups is 1. The predicted molar refractivity (Wildman–Crippen MR) is 78.9 cm³/mol. The molecule has 1 rings (SSSR count). The van der Waals surface area contributed by atoms with Crippen molar-refractivity contribution in [3.05, 3.63) is 27.9 Å². The molecule has 21 heavy (non-hydrogen) atoms. The summed E-state index contributed by atoms with van der Waals surface area (Å²) >= 11 is 0. The minimum atomic E-state index is -1.32. The molecule has 1 N–H and O–H groups in total. The number of nitro groups is 1. The van der Waals surface area contributed by atoms with E-state index >= 15 is 0 Å². The number of aromatic nitrogens is 1. The van der Waals surface area contributed by atoms with Gasteiger partial charge in [-0.15, -0.1) is 0 Å². The number of aromatic carboxylic acids is 1. The molecule has 0 fully saturated rings. The molecule has 0 aliphatic carbocycles. The normalized spacial score (nSPS) is 10.7. The van der Waals surface area contributed by atoms with Crippen LogP contribution in [0.4, 0.5) is 11.5 Å². The minimum absolute atomic E-state index is 0.337. The topological polar surface area (TPSA) is 99.8 Å². The first kappa shape index (κ1) is 16.8. The molecule has 0 aliphatic heterocycles. The van der Waals surface area contributed by atoms with Crippen molar-refractivity contribution in [3.8, 4) is 0 Å². The number of carboxylic acids is 1. The van der Waals surface area contributed by atoms with Gasteiger partial charge in [-0.05, 0) is 34.0 Å². The molecule has 116 valence electrons. The molecule has 0 radical (unpaired) electrons. The van der Waals surface area contributed by atoms with Crippen LogP contribution in [-0.4, -0.2) is 59.6 Å². The van der Waals surface area contributed by atoms with Crippen LogP contribution in [0.1, 0.15) is 23.7 Å². The third-order valence-corrected chi connectivity index (χ3v) is 3.03. The Labute approximate surface area is 123 Å². The quantitative estimate of drug-likeness (QED) is 0.572. The minimum Gasteiger partial charge on any atom is -0.477 e. The Kier molecular flexibility index (Phi) is 6.04. The van der Waals surface area contributed by atoms with E-state index in [0.717, 1.165) is 19.2 Å². The van der Waals surface area contributed by atoms with Gasteiger partial charge in [0, 0.05) is 19.2 Å². The Hall–Kier alpha value is -2.22. The zero-order chi connectivity index (χ0) is 16.0. The number of carboxylic acid groups (broad SMARTS) is 1. The van der Waals surface area contributed by atoms with Gasteiger partial charge in [0.1, 0.15) is 17.6 Å². The molecular weight excluding hydrogens is 276 g/mol. The van der Waals surface area contributed by atoms with E-state index in [0.29, 0.717) is 18.9 Å². The second kappa shape index (κ2) is 7.53. The molecule has 0 atom stereocenters. The van der Waals surface area contributed by atoms with Crippen LogP contribution in [0.25, 0.3) is 0 Å². The molecule has 0 bridgehead atoms. The maximum absolute atomic E-state index is 11.1. The van der Waals surface area contributed by atoms with Crippen molar-refractivity contribution in [2.24, 2.45) is 0 Å². The lowest BCUT2D eigenvalue weighted by molar-refractivity contribution is -0.385. The number of anilines is 1. The highest BCUT2D eigenvalue weighted by Crippen LogP contribution is 2.22. The van der Waals surface area contributed by atoms with Crippen molar-refractivity contribution >= 4 is 17.5 Å². The molecular formula is C13H20N4O4. The van der Waals surface area contributed by atoms with Crippen LogP contribution in [0.3, 0.4) is 0 Å². The van der Waals surface area contributed by atoms with E-state index in [1.807, 2.05) is 25.9 Å². The fraction of sp³-hybridized carbons (Fsp3) is 0.538. The summed E-state index contributed by atoms with van der Waals surface area (Å²) in [4.78, 5) is 29.2. The maximum atomic E-state index is 11.1. The Morgan fingerprint density at radius 3 is 2.57 bits per heavy atom. The zero-order valence-corrected chi connectivity index (χ0v) is 12.4. The van der Waals surface area contributed by atoms with Gasteiger partial charge in [-0.25, -0.2) is 9.78 Å². The van der Waals surface area contributed by atoms with E-state index < -0.39 is 16.6 Å². The summed E-state index contributed by atoms with van der Waals surface area (Å²) in [6, 6.07) is 1.26. The van der Waals surface area contributed by atoms with Crippen LogP contribution in [0.5, 0.6) is 0 Å². The summed E-state index contributed by atoms with van der Waals surface area (Å²) in [6.45, 7) is 4.18. The zero-order valence-electron chi connectivity index (χ0n) is 12.4. The molecule has 0 spiro atoms. The van der Waals surface area contributed by atoms with Crippen molar-refractivity contribution in [2.45, 2.75) is 13.3 Å². The number of hydrogen-bond donors (Lipinski definition) is 1. The summed E-state index contributed by atoms with van der Waals surface area (Å²) in [7, 11) is 3.95. The highest BCUT2D eigenvalue weighted by Gasteiger charge is 2.22. The third kappa shape index (κ3) is 4.67. The van der Waals surface area contributed by atoms with Gasteiger partial charge in [-0.1, -0.05) is 0 Å². The van der Waals surface area contributed by atoms with Gasteiger partial charge in [0.05, 0.1) is 4.92 Å². The predicted octanol–water partition coefficient (Wildman–Crippen LogP) is 1.47.